The molecule has 9 heteroatoms. The summed E-state index contributed by atoms with van der Waals surface area (Å²) in [6.45, 7) is 2.71. The van der Waals surface area contributed by atoms with Gasteiger partial charge in [0.05, 0.1) is 9.74 Å². The number of amides is 3. The number of thiophene rings is 1. The Balaban J connectivity index is 1.62. The molecule has 1 aliphatic heterocycles. The molecule has 1 aromatic carbocycles. The van der Waals surface area contributed by atoms with Crippen LogP contribution < -0.4 is 21.5 Å². The van der Waals surface area contributed by atoms with Gasteiger partial charge in [-0.25, -0.2) is 4.79 Å². The molecule has 0 saturated carbocycles. The highest BCUT2D eigenvalue weighted by Gasteiger charge is 2.19. The molecule has 1 saturated heterocycles. The molecule has 1 fully saturated rings. The number of halogens is 1. The topological polar surface area (TPSA) is 111 Å². The average molecular weight is 514 g/mol. The van der Waals surface area contributed by atoms with Gasteiger partial charge in [0.15, 0.2) is 0 Å². The van der Waals surface area contributed by atoms with Crippen LogP contribution in [0, 0.1) is 0 Å². The first-order chi connectivity index (χ1) is 13.4. The summed E-state index contributed by atoms with van der Waals surface area (Å²) in [5.74, 6) is 0.194. The van der Waals surface area contributed by atoms with Crippen molar-refractivity contribution in [1.29, 1.82) is 0 Å². The highest BCUT2D eigenvalue weighted by Crippen LogP contribution is 2.35. The van der Waals surface area contributed by atoms with E-state index < -0.39 is 11.9 Å². The fourth-order valence-corrected chi connectivity index (χ4v) is 5.11. The molecule has 2 heterocycles. The second kappa shape index (κ2) is 9.57. The molecule has 7 nitrogen and oxygen atoms in total. The van der Waals surface area contributed by atoms with E-state index in [-0.39, 0.29) is 4.88 Å². The summed E-state index contributed by atoms with van der Waals surface area (Å²) in [7, 11) is 0. The third-order valence-corrected chi connectivity index (χ3v) is 7.14. The van der Waals surface area contributed by atoms with Gasteiger partial charge in [0.2, 0.25) is 0 Å². The van der Waals surface area contributed by atoms with E-state index in [1.807, 2.05) is 24.3 Å². The van der Waals surface area contributed by atoms with Crippen molar-refractivity contribution < 1.29 is 14.3 Å². The van der Waals surface area contributed by atoms with Crippen molar-refractivity contribution in [2.75, 3.05) is 25.0 Å². The van der Waals surface area contributed by atoms with Crippen LogP contribution in [0.3, 0.4) is 0 Å². The Morgan fingerprint density at radius 2 is 2.00 bits per heavy atom. The van der Waals surface area contributed by atoms with Gasteiger partial charge >= 0.3 is 6.03 Å². The number of rotatable bonds is 7. The maximum absolute atomic E-state index is 11.6. The van der Waals surface area contributed by atoms with E-state index in [1.54, 1.807) is 6.07 Å². The Morgan fingerprint density at radius 1 is 1.25 bits per heavy atom. The molecule has 3 amide bonds. The maximum atomic E-state index is 11.6. The van der Waals surface area contributed by atoms with Crippen molar-refractivity contribution in [3.05, 3.63) is 35.2 Å². The first-order valence-electron chi connectivity index (χ1n) is 9.05. The molecule has 0 radical (unpaired) electrons. The van der Waals surface area contributed by atoms with Gasteiger partial charge in [-0.15, -0.1) is 11.3 Å². The Bertz CT molecular complexity index is 840. The largest absolute Gasteiger partial charge is 0.492 e. The van der Waals surface area contributed by atoms with Crippen LogP contribution in [-0.2, 0) is 0 Å². The van der Waals surface area contributed by atoms with Crippen molar-refractivity contribution in [3.8, 4) is 16.2 Å². The van der Waals surface area contributed by atoms with Gasteiger partial charge in [0, 0.05) is 11.4 Å². The number of carbonyl (C=O) groups excluding carboxylic acids is 2. The Kier molecular flexibility index (Phi) is 7.13. The van der Waals surface area contributed by atoms with Gasteiger partial charge in [0.1, 0.15) is 17.2 Å². The van der Waals surface area contributed by atoms with Crippen LogP contribution in [0.25, 0.3) is 10.4 Å². The zero-order valence-corrected chi connectivity index (χ0v) is 18.3. The molecule has 2 aromatic rings. The minimum Gasteiger partial charge on any atom is -0.492 e. The summed E-state index contributed by atoms with van der Waals surface area (Å²) >= 11 is 3.72. The molecule has 28 heavy (non-hydrogen) atoms. The number of likely N-dealkylation sites (tertiary alicyclic amines) is 1. The monoisotopic (exact) mass is 514 g/mol. The fraction of sp³-hybridized carbons (Fsp3) is 0.368. The van der Waals surface area contributed by atoms with Gasteiger partial charge in [0.25, 0.3) is 5.91 Å². The van der Waals surface area contributed by atoms with E-state index in [2.05, 4.69) is 32.8 Å². The van der Waals surface area contributed by atoms with Gasteiger partial charge in [-0.2, -0.15) is 0 Å². The lowest BCUT2D eigenvalue weighted by Crippen LogP contribution is -2.38. The second-order valence-corrected chi connectivity index (χ2v) is 9.04. The molecular weight excluding hydrogens is 491 g/mol. The fourth-order valence-electron chi connectivity index (χ4n) is 3.14. The van der Waals surface area contributed by atoms with Crippen molar-refractivity contribution in [2.24, 2.45) is 11.5 Å². The maximum Gasteiger partial charge on any atom is 0.316 e. The summed E-state index contributed by atoms with van der Waals surface area (Å²) in [5, 5.41) is 2.44. The Morgan fingerprint density at radius 3 is 2.64 bits per heavy atom. The smallest absolute Gasteiger partial charge is 0.316 e. The number of primary amides is 2. The number of nitrogens with two attached hydrogens (primary N) is 2. The van der Waals surface area contributed by atoms with Gasteiger partial charge in [-0.05, 0) is 61.7 Å². The number of benzene rings is 1. The summed E-state index contributed by atoms with van der Waals surface area (Å²) in [6, 6.07) is 8.60. The zero-order valence-electron chi connectivity index (χ0n) is 15.3. The molecule has 0 spiro atoms. The molecule has 1 unspecified atom stereocenters. The molecule has 1 aliphatic rings. The normalized spacial score (nSPS) is 17.2. The number of urea groups is 1. The molecule has 1 aromatic heterocycles. The van der Waals surface area contributed by atoms with Crippen molar-refractivity contribution in [3.63, 3.8) is 0 Å². The third kappa shape index (κ3) is 5.36. The molecule has 1 atom stereocenters. The number of hydrogen-bond donors (Lipinski definition) is 3. The van der Waals surface area contributed by atoms with Gasteiger partial charge < -0.3 is 21.5 Å². The van der Waals surface area contributed by atoms with E-state index in [1.165, 1.54) is 30.6 Å². The van der Waals surface area contributed by atoms with Crippen LogP contribution in [0.5, 0.6) is 5.75 Å². The highest BCUT2D eigenvalue weighted by atomic mass is 127. The Labute approximate surface area is 181 Å². The lowest BCUT2D eigenvalue weighted by molar-refractivity contribution is 0.100. The first kappa shape index (κ1) is 20.9. The standard InChI is InChI=1S/C19H23IN4O3S/c20-16-3-1-2-8-24(16)9-10-27-13-6-4-12(5-7-13)15-11-14(23-19(22)26)17(28-15)18(21)25/h4-7,11,16H,1-3,8-10H2,(H2,21,25)(H3,22,23,26). The number of piperidine rings is 1. The number of ether oxygens (including phenoxy) is 1. The van der Waals surface area contributed by atoms with E-state index in [0.29, 0.717) is 16.3 Å². The second-order valence-electron chi connectivity index (χ2n) is 6.55. The number of nitrogens with zero attached hydrogens (tertiary/aromatic N) is 1. The zero-order chi connectivity index (χ0) is 20.1. The number of nitrogens with one attached hydrogen (secondary N) is 1. The highest BCUT2D eigenvalue weighted by molar-refractivity contribution is 14.1. The number of carbonyl (C=O) groups is 2. The minimum atomic E-state index is -0.738. The summed E-state index contributed by atoms with van der Waals surface area (Å²) < 4.78 is 6.47. The van der Waals surface area contributed by atoms with Crippen molar-refractivity contribution in [1.82, 2.24) is 4.90 Å². The summed E-state index contributed by atoms with van der Waals surface area (Å²) in [5.41, 5.74) is 11.8. The van der Waals surface area contributed by atoms with E-state index in [4.69, 9.17) is 16.2 Å². The Hall–Kier alpha value is -1.85. The quantitative estimate of drug-likeness (QED) is 0.298. The average Bonchev–Trinajstić information content (AvgIpc) is 3.07. The van der Waals surface area contributed by atoms with E-state index in [9.17, 15) is 9.59 Å². The third-order valence-electron chi connectivity index (χ3n) is 4.53. The summed E-state index contributed by atoms with van der Waals surface area (Å²) in [4.78, 5) is 26.2. The first-order valence-corrected chi connectivity index (χ1v) is 11.1. The summed E-state index contributed by atoms with van der Waals surface area (Å²) in [6.07, 6.45) is 3.81. The molecule has 0 bridgehead atoms. The molecule has 5 N–H and O–H groups in total. The predicted molar refractivity (Wildman–Crippen MR) is 120 cm³/mol. The molecule has 150 valence electrons. The van der Waals surface area contributed by atoms with E-state index >= 15 is 0 Å². The van der Waals surface area contributed by atoms with Crippen LogP contribution in [0.1, 0.15) is 28.9 Å². The lowest BCUT2D eigenvalue weighted by Gasteiger charge is -2.31. The minimum absolute atomic E-state index is 0.268. The predicted octanol–water partition coefficient (Wildman–Crippen LogP) is 3.63. The van der Waals surface area contributed by atoms with Crippen LogP contribution in [0.2, 0.25) is 0 Å². The number of alkyl halides is 1. The lowest BCUT2D eigenvalue weighted by atomic mass is 10.1. The molecule has 0 aliphatic carbocycles. The van der Waals surface area contributed by atoms with E-state index in [0.717, 1.165) is 29.3 Å². The number of hydrogen-bond acceptors (Lipinski definition) is 5. The van der Waals surface area contributed by atoms with Gasteiger partial charge in [-0.1, -0.05) is 22.6 Å². The number of anilines is 1. The van der Waals surface area contributed by atoms with Crippen molar-refractivity contribution >= 4 is 51.6 Å². The van der Waals surface area contributed by atoms with Crippen LogP contribution in [-0.4, -0.2) is 40.6 Å². The van der Waals surface area contributed by atoms with Crippen LogP contribution in [0.15, 0.2) is 30.3 Å². The molecular formula is C19H23IN4O3S. The van der Waals surface area contributed by atoms with Crippen LogP contribution >= 0.6 is 33.9 Å². The molecule has 3 rings (SSSR count). The van der Waals surface area contributed by atoms with Crippen molar-refractivity contribution in [2.45, 2.75) is 23.3 Å². The SMILES string of the molecule is NC(=O)Nc1cc(-c2ccc(OCCN3CCCCC3I)cc2)sc1C(N)=O. The van der Waals surface area contributed by atoms with Gasteiger partial charge in [-0.3, -0.25) is 9.69 Å². The van der Waals surface area contributed by atoms with Crippen LogP contribution in [0.4, 0.5) is 10.5 Å².